The summed E-state index contributed by atoms with van der Waals surface area (Å²) >= 11 is 0. The molecular formula is C18H17NO4. The number of fused-ring (bicyclic) bond motifs is 1. The average Bonchev–Trinajstić information content (AvgIpc) is 2.88. The van der Waals surface area contributed by atoms with E-state index >= 15 is 0 Å². The summed E-state index contributed by atoms with van der Waals surface area (Å²) in [6, 6.07) is 12.2. The van der Waals surface area contributed by atoms with Gasteiger partial charge in [-0.2, -0.15) is 0 Å². The number of ether oxygens (including phenoxy) is 1. The molecule has 1 aliphatic heterocycles. The molecule has 0 radical (unpaired) electrons. The zero-order valence-electron chi connectivity index (χ0n) is 12.7. The Kier molecular flexibility index (Phi) is 4.02. The molecule has 3 rings (SSSR count). The van der Waals surface area contributed by atoms with Gasteiger partial charge < -0.3 is 15.2 Å². The maximum atomic E-state index is 11.6. The van der Waals surface area contributed by atoms with Crippen LogP contribution in [0.25, 0.3) is 0 Å². The van der Waals surface area contributed by atoms with Crippen LogP contribution in [0.1, 0.15) is 27.0 Å². The minimum absolute atomic E-state index is 0.278. The molecule has 0 bridgehead atoms. The Bertz CT molecular complexity index is 769. The lowest BCUT2D eigenvalue weighted by atomic mass is 10.0. The molecule has 0 unspecified atom stereocenters. The van der Waals surface area contributed by atoms with E-state index < -0.39 is 12.0 Å². The first-order valence-corrected chi connectivity index (χ1v) is 7.38. The molecule has 5 nitrogen and oxygen atoms in total. The standard InChI is InChI=1S/C18H17NO4/c1-11-3-2-4-12(7-11)8-16(17(20)21)19-14-6-5-13-10-23-18(22)15(13)9-14/h2-7,9,16,19H,8,10H2,1H3,(H,20,21)/t16-/m0/s1. The molecular weight excluding hydrogens is 294 g/mol. The fraction of sp³-hybridized carbons (Fsp3) is 0.222. The fourth-order valence-electron chi connectivity index (χ4n) is 2.68. The van der Waals surface area contributed by atoms with Gasteiger partial charge in [-0.15, -0.1) is 0 Å². The van der Waals surface area contributed by atoms with E-state index in [4.69, 9.17) is 4.74 Å². The molecule has 0 spiro atoms. The molecule has 118 valence electrons. The number of hydrogen-bond acceptors (Lipinski definition) is 4. The second-order valence-electron chi connectivity index (χ2n) is 5.68. The van der Waals surface area contributed by atoms with E-state index in [0.29, 0.717) is 17.7 Å². The van der Waals surface area contributed by atoms with Crippen molar-refractivity contribution >= 4 is 17.6 Å². The van der Waals surface area contributed by atoms with Crippen LogP contribution in [-0.2, 0) is 22.6 Å². The second-order valence-corrected chi connectivity index (χ2v) is 5.68. The Morgan fingerprint density at radius 3 is 2.87 bits per heavy atom. The third-order valence-electron chi connectivity index (χ3n) is 3.85. The van der Waals surface area contributed by atoms with E-state index in [0.717, 1.165) is 16.7 Å². The number of rotatable bonds is 5. The minimum Gasteiger partial charge on any atom is -0.480 e. The monoisotopic (exact) mass is 311 g/mol. The Labute approximate surface area is 133 Å². The molecule has 1 heterocycles. The number of benzene rings is 2. The number of carboxylic acid groups (broad SMARTS) is 1. The van der Waals surface area contributed by atoms with Gasteiger partial charge in [0.1, 0.15) is 12.6 Å². The molecule has 1 atom stereocenters. The molecule has 23 heavy (non-hydrogen) atoms. The third-order valence-corrected chi connectivity index (χ3v) is 3.85. The summed E-state index contributed by atoms with van der Waals surface area (Å²) in [7, 11) is 0. The van der Waals surface area contributed by atoms with Crippen molar-refractivity contribution in [1.82, 2.24) is 0 Å². The Balaban J connectivity index is 1.79. The summed E-state index contributed by atoms with van der Waals surface area (Å²) < 4.78 is 4.96. The van der Waals surface area contributed by atoms with Gasteiger partial charge >= 0.3 is 11.9 Å². The van der Waals surface area contributed by atoms with E-state index in [9.17, 15) is 14.7 Å². The largest absolute Gasteiger partial charge is 0.480 e. The van der Waals surface area contributed by atoms with Gasteiger partial charge in [-0.25, -0.2) is 9.59 Å². The molecule has 0 fully saturated rings. The lowest BCUT2D eigenvalue weighted by Crippen LogP contribution is -2.31. The van der Waals surface area contributed by atoms with Crippen LogP contribution >= 0.6 is 0 Å². The smallest absolute Gasteiger partial charge is 0.338 e. The van der Waals surface area contributed by atoms with Crippen molar-refractivity contribution in [3.8, 4) is 0 Å². The van der Waals surface area contributed by atoms with Gasteiger partial charge in [0.2, 0.25) is 0 Å². The van der Waals surface area contributed by atoms with Crippen molar-refractivity contribution in [3.05, 3.63) is 64.7 Å². The van der Waals surface area contributed by atoms with Gasteiger partial charge in [-0.05, 0) is 24.6 Å². The van der Waals surface area contributed by atoms with Crippen molar-refractivity contribution < 1.29 is 19.4 Å². The number of carbonyl (C=O) groups is 2. The molecule has 1 aliphatic rings. The number of aliphatic carboxylic acids is 1. The first kappa shape index (κ1) is 15.1. The highest BCUT2D eigenvalue weighted by molar-refractivity contribution is 5.94. The molecule has 2 aromatic carbocycles. The number of carboxylic acids is 1. The van der Waals surface area contributed by atoms with Crippen LogP contribution in [-0.4, -0.2) is 23.1 Å². The summed E-state index contributed by atoms with van der Waals surface area (Å²) in [5, 5.41) is 12.4. The zero-order chi connectivity index (χ0) is 16.4. The first-order chi connectivity index (χ1) is 11.0. The number of aryl methyl sites for hydroxylation is 1. The number of cyclic esters (lactones) is 1. The van der Waals surface area contributed by atoms with E-state index in [1.807, 2.05) is 31.2 Å². The predicted molar refractivity (Wildman–Crippen MR) is 85.5 cm³/mol. The van der Waals surface area contributed by atoms with Crippen LogP contribution in [0.2, 0.25) is 0 Å². The van der Waals surface area contributed by atoms with Crippen molar-refractivity contribution in [2.24, 2.45) is 0 Å². The summed E-state index contributed by atoms with van der Waals surface area (Å²) in [6.07, 6.45) is 0.360. The van der Waals surface area contributed by atoms with Crippen molar-refractivity contribution in [2.75, 3.05) is 5.32 Å². The van der Waals surface area contributed by atoms with Gasteiger partial charge in [0, 0.05) is 17.7 Å². The first-order valence-electron chi connectivity index (χ1n) is 7.38. The van der Waals surface area contributed by atoms with Crippen molar-refractivity contribution in [3.63, 3.8) is 0 Å². The third kappa shape index (κ3) is 3.34. The number of esters is 1. The normalized spacial score (nSPS) is 14.0. The highest BCUT2D eigenvalue weighted by atomic mass is 16.5. The lowest BCUT2D eigenvalue weighted by Gasteiger charge is -2.16. The maximum absolute atomic E-state index is 11.6. The molecule has 0 saturated carbocycles. The SMILES string of the molecule is Cc1cccc(C[C@H](Nc2ccc3c(c2)C(=O)OC3)C(=O)O)c1. The molecule has 0 aliphatic carbocycles. The predicted octanol–water partition coefficient (Wildman–Crippen LogP) is 2.77. The molecule has 0 amide bonds. The zero-order valence-corrected chi connectivity index (χ0v) is 12.7. The van der Waals surface area contributed by atoms with E-state index in [1.54, 1.807) is 18.2 Å². The van der Waals surface area contributed by atoms with E-state index in [1.165, 1.54) is 0 Å². The number of nitrogens with one attached hydrogen (secondary N) is 1. The second kappa shape index (κ2) is 6.12. The van der Waals surface area contributed by atoms with Crippen LogP contribution in [0, 0.1) is 6.92 Å². The number of anilines is 1. The topological polar surface area (TPSA) is 75.6 Å². The molecule has 0 aromatic heterocycles. The number of carbonyl (C=O) groups excluding carboxylic acids is 1. The number of hydrogen-bond donors (Lipinski definition) is 2. The Morgan fingerprint density at radius 2 is 2.13 bits per heavy atom. The van der Waals surface area contributed by atoms with E-state index in [-0.39, 0.29) is 12.6 Å². The molecule has 5 heteroatoms. The van der Waals surface area contributed by atoms with Crippen LogP contribution < -0.4 is 5.32 Å². The highest BCUT2D eigenvalue weighted by Gasteiger charge is 2.23. The minimum atomic E-state index is -0.936. The summed E-state index contributed by atoms with van der Waals surface area (Å²) in [6.45, 7) is 2.25. The molecule has 2 N–H and O–H groups in total. The Morgan fingerprint density at radius 1 is 1.30 bits per heavy atom. The average molecular weight is 311 g/mol. The van der Waals surface area contributed by atoms with Crippen LogP contribution in [0.4, 0.5) is 5.69 Å². The van der Waals surface area contributed by atoms with Crippen LogP contribution in [0.3, 0.4) is 0 Å². The molecule has 0 saturated heterocycles. The maximum Gasteiger partial charge on any atom is 0.338 e. The van der Waals surface area contributed by atoms with Crippen LogP contribution in [0.15, 0.2) is 42.5 Å². The van der Waals surface area contributed by atoms with Gasteiger partial charge in [-0.1, -0.05) is 35.9 Å². The fourth-order valence-corrected chi connectivity index (χ4v) is 2.68. The van der Waals surface area contributed by atoms with Gasteiger partial charge in [-0.3, -0.25) is 0 Å². The van der Waals surface area contributed by atoms with Gasteiger partial charge in [0.05, 0.1) is 5.56 Å². The van der Waals surface area contributed by atoms with Crippen LogP contribution in [0.5, 0.6) is 0 Å². The van der Waals surface area contributed by atoms with Gasteiger partial charge in [0.25, 0.3) is 0 Å². The highest BCUT2D eigenvalue weighted by Crippen LogP contribution is 2.24. The summed E-state index contributed by atoms with van der Waals surface area (Å²) in [5.41, 5.74) is 3.96. The van der Waals surface area contributed by atoms with Crippen molar-refractivity contribution in [1.29, 1.82) is 0 Å². The summed E-state index contributed by atoms with van der Waals surface area (Å²) in [4.78, 5) is 23.1. The summed E-state index contributed by atoms with van der Waals surface area (Å²) in [5.74, 6) is -1.30. The van der Waals surface area contributed by atoms with Gasteiger partial charge in [0.15, 0.2) is 0 Å². The van der Waals surface area contributed by atoms with Crippen molar-refractivity contribution in [2.45, 2.75) is 26.0 Å². The van der Waals surface area contributed by atoms with E-state index in [2.05, 4.69) is 5.32 Å². The Hall–Kier alpha value is -2.82. The lowest BCUT2D eigenvalue weighted by molar-refractivity contribution is -0.137. The quantitative estimate of drug-likeness (QED) is 0.830. The molecule has 2 aromatic rings.